The van der Waals surface area contributed by atoms with E-state index in [1.807, 2.05) is 36.5 Å². The highest BCUT2D eigenvalue weighted by molar-refractivity contribution is 6.65. The van der Waals surface area contributed by atoms with Gasteiger partial charge in [-0.1, -0.05) is 47.1 Å². The Kier molecular flexibility index (Phi) is 4.93. The molecule has 4 heteroatoms. The normalized spacial score (nSPS) is 11.5. The SMILES string of the molecule is O/N=C(\Cl)Cc1ccc(CCc2ccccn2)cc1. The van der Waals surface area contributed by atoms with E-state index in [0.717, 1.165) is 24.1 Å². The van der Waals surface area contributed by atoms with Crippen molar-refractivity contribution in [3.05, 3.63) is 65.5 Å². The minimum Gasteiger partial charge on any atom is -0.410 e. The van der Waals surface area contributed by atoms with E-state index in [1.54, 1.807) is 0 Å². The van der Waals surface area contributed by atoms with E-state index >= 15 is 0 Å². The molecule has 2 aromatic rings. The zero-order valence-corrected chi connectivity index (χ0v) is 11.2. The molecule has 0 saturated carbocycles. The van der Waals surface area contributed by atoms with Crippen LogP contribution in [0.2, 0.25) is 0 Å². The standard InChI is InChI=1S/C15H15ClN2O/c16-15(18-19)11-13-6-4-12(5-7-13)8-9-14-3-1-2-10-17-14/h1-7,10,19H,8-9,11H2/b18-15-. The van der Waals surface area contributed by atoms with Crippen molar-refractivity contribution >= 4 is 16.8 Å². The van der Waals surface area contributed by atoms with Crippen LogP contribution in [-0.4, -0.2) is 15.4 Å². The van der Waals surface area contributed by atoms with Gasteiger partial charge in [-0.25, -0.2) is 0 Å². The molecule has 19 heavy (non-hydrogen) atoms. The highest BCUT2D eigenvalue weighted by atomic mass is 35.5. The Labute approximate surface area is 117 Å². The van der Waals surface area contributed by atoms with E-state index in [9.17, 15) is 0 Å². The Morgan fingerprint density at radius 3 is 2.42 bits per heavy atom. The van der Waals surface area contributed by atoms with Gasteiger partial charge in [0.15, 0.2) is 0 Å². The van der Waals surface area contributed by atoms with E-state index < -0.39 is 0 Å². The van der Waals surface area contributed by atoms with E-state index in [4.69, 9.17) is 16.8 Å². The van der Waals surface area contributed by atoms with Crippen molar-refractivity contribution in [1.82, 2.24) is 4.98 Å². The van der Waals surface area contributed by atoms with E-state index in [1.165, 1.54) is 5.56 Å². The molecule has 0 amide bonds. The van der Waals surface area contributed by atoms with Crippen LogP contribution in [0.15, 0.2) is 53.8 Å². The van der Waals surface area contributed by atoms with Crippen LogP contribution in [0.4, 0.5) is 0 Å². The first-order chi connectivity index (χ1) is 9.28. The van der Waals surface area contributed by atoms with Crippen molar-refractivity contribution in [2.24, 2.45) is 5.16 Å². The molecule has 1 aromatic carbocycles. The fourth-order valence-corrected chi connectivity index (χ4v) is 2.00. The van der Waals surface area contributed by atoms with Crippen molar-refractivity contribution in [1.29, 1.82) is 0 Å². The van der Waals surface area contributed by atoms with E-state index in [0.29, 0.717) is 6.42 Å². The van der Waals surface area contributed by atoms with Crippen LogP contribution in [0.5, 0.6) is 0 Å². The Balaban J connectivity index is 1.92. The Morgan fingerprint density at radius 2 is 1.79 bits per heavy atom. The predicted octanol–water partition coefficient (Wildman–Crippen LogP) is 3.44. The molecular formula is C15H15ClN2O. The maximum absolute atomic E-state index is 8.51. The second-order valence-corrected chi connectivity index (χ2v) is 4.73. The van der Waals surface area contributed by atoms with Gasteiger partial charge < -0.3 is 5.21 Å². The molecule has 98 valence electrons. The highest BCUT2D eigenvalue weighted by Crippen LogP contribution is 2.09. The second-order valence-electron chi connectivity index (χ2n) is 4.29. The lowest BCUT2D eigenvalue weighted by Crippen LogP contribution is -1.96. The molecule has 3 nitrogen and oxygen atoms in total. The van der Waals surface area contributed by atoms with Crippen molar-refractivity contribution in [2.75, 3.05) is 0 Å². The minimum atomic E-state index is 0.196. The lowest BCUT2D eigenvalue weighted by molar-refractivity contribution is 0.319. The Morgan fingerprint density at radius 1 is 1.05 bits per heavy atom. The number of halogens is 1. The maximum atomic E-state index is 8.51. The molecule has 0 aliphatic carbocycles. The lowest BCUT2D eigenvalue weighted by atomic mass is 10.0. The molecule has 0 saturated heterocycles. The van der Waals surface area contributed by atoms with Crippen LogP contribution in [-0.2, 0) is 19.3 Å². The smallest absolute Gasteiger partial charge is 0.149 e. The third kappa shape index (κ3) is 4.38. The predicted molar refractivity (Wildman–Crippen MR) is 76.9 cm³/mol. The first kappa shape index (κ1) is 13.6. The molecule has 1 aromatic heterocycles. The molecule has 0 aliphatic heterocycles. The van der Waals surface area contributed by atoms with Gasteiger partial charge in [-0.3, -0.25) is 4.98 Å². The summed E-state index contributed by atoms with van der Waals surface area (Å²) in [5, 5.41) is 11.7. The van der Waals surface area contributed by atoms with Crippen molar-refractivity contribution in [3.8, 4) is 0 Å². The van der Waals surface area contributed by atoms with Gasteiger partial charge >= 0.3 is 0 Å². The summed E-state index contributed by atoms with van der Waals surface area (Å²) in [5.74, 6) is 0. The van der Waals surface area contributed by atoms with Crippen LogP contribution in [0.3, 0.4) is 0 Å². The van der Waals surface area contributed by atoms with Gasteiger partial charge in [0.2, 0.25) is 0 Å². The number of oxime groups is 1. The molecule has 0 spiro atoms. The van der Waals surface area contributed by atoms with Gasteiger partial charge in [-0.15, -0.1) is 0 Å². The average molecular weight is 275 g/mol. The zero-order chi connectivity index (χ0) is 13.5. The van der Waals surface area contributed by atoms with Crippen molar-refractivity contribution in [2.45, 2.75) is 19.3 Å². The summed E-state index contributed by atoms with van der Waals surface area (Å²) >= 11 is 5.67. The number of nitrogens with zero attached hydrogens (tertiary/aromatic N) is 2. The summed E-state index contributed by atoms with van der Waals surface area (Å²) < 4.78 is 0. The summed E-state index contributed by atoms with van der Waals surface area (Å²) in [6, 6.07) is 14.1. The van der Waals surface area contributed by atoms with Crippen LogP contribution >= 0.6 is 11.6 Å². The first-order valence-electron chi connectivity index (χ1n) is 6.12. The molecule has 2 rings (SSSR count). The fourth-order valence-electron chi connectivity index (χ4n) is 1.85. The summed E-state index contributed by atoms with van der Waals surface area (Å²) in [4.78, 5) is 4.30. The van der Waals surface area contributed by atoms with Gasteiger partial charge in [0.05, 0.1) is 0 Å². The fraction of sp³-hybridized carbons (Fsp3) is 0.200. The molecule has 0 bridgehead atoms. The molecule has 0 unspecified atom stereocenters. The van der Waals surface area contributed by atoms with Crippen molar-refractivity contribution < 1.29 is 5.21 Å². The highest BCUT2D eigenvalue weighted by Gasteiger charge is 2.00. The van der Waals surface area contributed by atoms with Crippen LogP contribution in [0.1, 0.15) is 16.8 Å². The quantitative estimate of drug-likeness (QED) is 0.516. The number of pyridine rings is 1. The molecule has 0 fully saturated rings. The number of hydrogen-bond donors (Lipinski definition) is 1. The number of aromatic nitrogens is 1. The minimum absolute atomic E-state index is 0.196. The monoisotopic (exact) mass is 274 g/mol. The number of hydrogen-bond acceptors (Lipinski definition) is 3. The number of rotatable bonds is 5. The molecule has 0 atom stereocenters. The summed E-state index contributed by atoms with van der Waals surface area (Å²) in [6.45, 7) is 0. The lowest BCUT2D eigenvalue weighted by Gasteiger charge is -2.03. The van der Waals surface area contributed by atoms with E-state index in [2.05, 4.69) is 22.3 Å². The molecule has 0 radical (unpaired) electrons. The third-order valence-electron chi connectivity index (χ3n) is 2.88. The molecule has 1 N–H and O–H groups in total. The summed E-state index contributed by atoms with van der Waals surface area (Å²) in [6.07, 6.45) is 4.16. The van der Waals surface area contributed by atoms with Crippen LogP contribution < -0.4 is 0 Å². The van der Waals surface area contributed by atoms with Gasteiger partial charge in [0.1, 0.15) is 5.17 Å². The van der Waals surface area contributed by atoms with E-state index in [-0.39, 0.29) is 5.17 Å². The third-order valence-corrected chi connectivity index (χ3v) is 3.09. The van der Waals surface area contributed by atoms with Gasteiger partial charge in [-0.05, 0) is 36.1 Å². The van der Waals surface area contributed by atoms with Gasteiger partial charge in [-0.2, -0.15) is 0 Å². The average Bonchev–Trinajstić information content (AvgIpc) is 2.47. The summed E-state index contributed by atoms with van der Waals surface area (Å²) in [7, 11) is 0. The molecule has 1 heterocycles. The number of aryl methyl sites for hydroxylation is 2. The Bertz CT molecular complexity index is 538. The maximum Gasteiger partial charge on any atom is 0.149 e. The summed E-state index contributed by atoms with van der Waals surface area (Å²) in [5.41, 5.74) is 3.39. The van der Waals surface area contributed by atoms with Gasteiger partial charge in [0.25, 0.3) is 0 Å². The second kappa shape index (κ2) is 6.90. The number of benzene rings is 1. The topological polar surface area (TPSA) is 45.5 Å². The van der Waals surface area contributed by atoms with Crippen LogP contribution in [0, 0.1) is 0 Å². The Hall–Kier alpha value is -1.87. The van der Waals surface area contributed by atoms with Crippen molar-refractivity contribution in [3.63, 3.8) is 0 Å². The largest absolute Gasteiger partial charge is 0.410 e. The van der Waals surface area contributed by atoms with Gasteiger partial charge in [0, 0.05) is 18.3 Å². The van der Waals surface area contributed by atoms with Crippen LogP contribution in [0.25, 0.3) is 0 Å². The molecular weight excluding hydrogens is 260 g/mol. The molecule has 0 aliphatic rings. The zero-order valence-electron chi connectivity index (χ0n) is 10.5. The first-order valence-corrected chi connectivity index (χ1v) is 6.50.